The Labute approximate surface area is 223 Å². The third-order valence-electron chi connectivity index (χ3n) is 5.82. The summed E-state index contributed by atoms with van der Waals surface area (Å²) in [6.45, 7) is 5.02. The maximum atomic E-state index is 13.7. The Hall–Kier alpha value is -2.49. The highest BCUT2D eigenvalue weighted by atomic mass is 35.5. The van der Waals surface area contributed by atoms with Crippen molar-refractivity contribution in [3.05, 3.63) is 58.1 Å². The summed E-state index contributed by atoms with van der Waals surface area (Å²) in [5, 5.41) is 3.60. The van der Waals surface area contributed by atoms with Gasteiger partial charge >= 0.3 is 0 Å². The molecule has 0 fully saturated rings. The SMILES string of the molecule is CCC(C)NC(=O)C(CC)N(Cc1c(Cl)cccc1Cl)C(=O)CN(c1ccc(OC)cc1)S(C)(=O)=O. The first-order valence-corrected chi connectivity index (χ1v) is 14.2. The van der Waals surface area contributed by atoms with E-state index in [1.807, 2.05) is 13.8 Å². The number of hydrogen-bond donors (Lipinski definition) is 1. The number of anilines is 1. The summed E-state index contributed by atoms with van der Waals surface area (Å²) in [6.07, 6.45) is 2.04. The molecule has 2 rings (SSSR count). The monoisotopic (exact) mass is 557 g/mol. The molecule has 1 N–H and O–H groups in total. The molecule has 0 aromatic heterocycles. The van der Waals surface area contributed by atoms with Gasteiger partial charge in [-0.25, -0.2) is 8.42 Å². The Balaban J connectivity index is 2.49. The molecule has 0 aliphatic rings. The molecule has 36 heavy (non-hydrogen) atoms. The van der Waals surface area contributed by atoms with Gasteiger partial charge in [0.1, 0.15) is 18.3 Å². The Kier molecular flexibility index (Phi) is 10.9. The zero-order valence-corrected chi connectivity index (χ0v) is 23.5. The summed E-state index contributed by atoms with van der Waals surface area (Å²) in [5.41, 5.74) is 0.763. The first kappa shape index (κ1) is 29.7. The smallest absolute Gasteiger partial charge is 0.244 e. The van der Waals surface area contributed by atoms with Gasteiger partial charge in [0.05, 0.1) is 19.1 Å². The number of carbonyl (C=O) groups is 2. The van der Waals surface area contributed by atoms with Crippen molar-refractivity contribution in [1.82, 2.24) is 10.2 Å². The van der Waals surface area contributed by atoms with Crippen LogP contribution in [-0.2, 0) is 26.2 Å². The van der Waals surface area contributed by atoms with Crippen molar-refractivity contribution in [1.29, 1.82) is 0 Å². The maximum absolute atomic E-state index is 13.7. The summed E-state index contributed by atoms with van der Waals surface area (Å²) < 4.78 is 31.5. The minimum atomic E-state index is -3.84. The van der Waals surface area contributed by atoms with Crippen LogP contribution in [0.2, 0.25) is 10.0 Å². The van der Waals surface area contributed by atoms with E-state index >= 15 is 0 Å². The van der Waals surface area contributed by atoms with Crippen LogP contribution in [0, 0.1) is 0 Å². The van der Waals surface area contributed by atoms with Gasteiger partial charge in [0.25, 0.3) is 0 Å². The van der Waals surface area contributed by atoms with E-state index in [1.54, 1.807) is 49.4 Å². The molecule has 11 heteroatoms. The van der Waals surface area contributed by atoms with Gasteiger partial charge in [-0.1, -0.05) is 43.1 Å². The molecule has 8 nitrogen and oxygen atoms in total. The van der Waals surface area contributed by atoms with Crippen molar-refractivity contribution in [3.63, 3.8) is 0 Å². The number of nitrogens with one attached hydrogen (secondary N) is 1. The largest absolute Gasteiger partial charge is 0.497 e. The lowest BCUT2D eigenvalue weighted by Crippen LogP contribution is -2.53. The van der Waals surface area contributed by atoms with Gasteiger partial charge in [0.15, 0.2) is 0 Å². The van der Waals surface area contributed by atoms with Crippen LogP contribution >= 0.6 is 23.2 Å². The summed E-state index contributed by atoms with van der Waals surface area (Å²) in [5.74, 6) is -0.363. The lowest BCUT2D eigenvalue weighted by molar-refractivity contribution is -0.140. The molecule has 0 spiro atoms. The van der Waals surface area contributed by atoms with E-state index in [0.29, 0.717) is 39.9 Å². The number of hydrogen-bond acceptors (Lipinski definition) is 5. The van der Waals surface area contributed by atoms with Crippen LogP contribution in [0.15, 0.2) is 42.5 Å². The third-order valence-corrected chi connectivity index (χ3v) is 7.67. The molecule has 2 atom stereocenters. The van der Waals surface area contributed by atoms with Crippen LogP contribution < -0.4 is 14.4 Å². The van der Waals surface area contributed by atoms with Crippen LogP contribution in [0.3, 0.4) is 0 Å². The molecule has 0 aliphatic heterocycles. The summed E-state index contributed by atoms with van der Waals surface area (Å²) in [4.78, 5) is 28.2. The van der Waals surface area contributed by atoms with Gasteiger partial charge in [0.2, 0.25) is 21.8 Å². The number of ether oxygens (including phenoxy) is 1. The zero-order valence-electron chi connectivity index (χ0n) is 21.1. The van der Waals surface area contributed by atoms with Crippen LogP contribution in [0.25, 0.3) is 0 Å². The van der Waals surface area contributed by atoms with Crippen molar-refractivity contribution in [2.24, 2.45) is 0 Å². The molecule has 0 saturated heterocycles. The van der Waals surface area contributed by atoms with Crippen LogP contribution in [0.4, 0.5) is 5.69 Å². The Morgan fingerprint density at radius 2 is 1.61 bits per heavy atom. The maximum Gasteiger partial charge on any atom is 0.244 e. The summed E-state index contributed by atoms with van der Waals surface area (Å²) >= 11 is 12.7. The predicted octanol–water partition coefficient (Wildman–Crippen LogP) is 4.49. The number of sulfonamides is 1. The van der Waals surface area contributed by atoms with E-state index in [4.69, 9.17) is 27.9 Å². The molecule has 0 aliphatic carbocycles. The average Bonchev–Trinajstić information content (AvgIpc) is 2.83. The van der Waals surface area contributed by atoms with E-state index in [9.17, 15) is 18.0 Å². The van der Waals surface area contributed by atoms with E-state index in [1.165, 1.54) is 12.0 Å². The lowest BCUT2D eigenvalue weighted by atomic mass is 10.1. The molecule has 0 radical (unpaired) electrons. The van der Waals surface area contributed by atoms with Gasteiger partial charge in [-0.3, -0.25) is 13.9 Å². The fraction of sp³-hybridized carbons (Fsp3) is 0.440. The number of nitrogens with zero attached hydrogens (tertiary/aromatic N) is 2. The summed E-state index contributed by atoms with van der Waals surface area (Å²) in [6, 6.07) is 10.3. The first-order chi connectivity index (χ1) is 16.9. The molecular weight excluding hydrogens is 525 g/mol. The summed E-state index contributed by atoms with van der Waals surface area (Å²) in [7, 11) is -2.34. The zero-order chi connectivity index (χ0) is 27.0. The lowest BCUT2D eigenvalue weighted by Gasteiger charge is -2.33. The first-order valence-electron chi connectivity index (χ1n) is 11.6. The number of methoxy groups -OCH3 is 1. The number of halogens is 2. The van der Waals surface area contributed by atoms with Crippen molar-refractivity contribution >= 4 is 50.7 Å². The van der Waals surface area contributed by atoms with Gasteiger partial charge in [-0.2, -0.15) is 0 Å². The van der Waals surface area contributed by atoms with Crippen molar-refractivity contribution in [2.45, 2.75) is 52.2 Å². The van der Waals surface area contributed by atoms with Crippen LogP contribution in [0.1, 0.15) is 39.2 Å². The standard InChI is InChI=1S/C25H33Cl2N3O5S/c1-6-17(3)28-25(32)23(7-2)29(15-20-21(26)9-8-10-22(20)27)24(31)16-30(36(5,33)34)18-11-13-19(35-4)14-12-18/h8-14,17,23H,6-7,15-16H2,1-5H3,(H,28,32). The highest BCUT2D eigenvalue weighted by molar-refractivity contribution is 7.92. The second-order valence-electron chi connectivity index (χ2n) is 8.43. The minimum Gasteiger partial charge on any atom is -0.497 e. The fourth-order valence-electron chi connectivity index (χ4n) is 3.58. The molecule has 2 unspecified atom stereocenters. The second kappa shape index (κ2) is 13.2. The quantitative estimate of drug-likeness (QED) is 0.414. The predicted molar refractivity (Wildman–Crippen MR) is 144 cm³/mol. The van der Waals surface area contributed by atoms with E-state index in [2.05, 4.69) is 5.32 Å². The number of rotatable bonds is 12. The molecule has 2 amide bonds. The van der Waals surface area contributed by atoms with Gasteiger partial charge < -0.3 is 15.0 Å². The number of amides is 2. The normalized spacial score (nSPS) is 13.0. The Morgan fingerprint density at radius 1 is 1.03 bits per heavy atom. The fourth-order valence-corrected chi connectivity index (χ4v) is 4.94. The average molecular weight is 559 g/mol. The van der Waals surface area contributed by atoms with Crippen LogP contribution in [0.5, 0.6) is 5.75 Å². The molecule has 0 saturated carbocycles. The molecule has 2 aromatic rings. The Bertz CT molecular complexity index is 1140. The second-order valence-corrected chi connectivity index (χ2v) is 11.2. The van der Waals surface area contributed by atoms with Gasteiger partial charge in [-0.15, -0.1) is 0 Å². The highest BCUT2D eigenvalue weighted by Gasteiger charge is 2.33. The van der Waals surface area contributed by atoms with Gasteiger partial charge in [-0.05, 0) is 56.2 Å². The van der Waals surface area contributed by atoms with E-state index in [0.717, 1.165) is 10.6 Å². The molecule has 0 heterocycles. The third kappa shape index (κ3) is 7.75. The Morgan fingerprint density at radius 3 is 2.08 bits per heavy atom. The topological polar surface area (TPSA) is 96.0 Å². The molecule has 0 bridgehead atoms. The number of benzene rings is 2. The van der Waals surface area contributed by atoms with Crippen molar-refractivity contribution < 1.29 is 22.7 Å². The van der Waals surface area contributed by atoms with Gasteiger partial charge in [0, 0.05) is 28.2 Å². The van der Waals surface area contributed by atoms with Crippen molar-refractivity contribution in [2.75, 3.05) is 24.2 Å². The highest BCUT2D eigenvalue weighted by Crippen LogP contribution is 2.28. The van der Waals surface area contributed by atoms with Crippen molar-refractivity contribution in [3.8, 4) is 5.75 Å². The molecule has 2 aromatic carbocycles. The molecular formula is C25H33Cl2N3O5S. The van der Waals surface area contributed by atoms with E-state index in [-0.39, 0.29) is 18.5 Å². The number of carbonyl (C=O) groups excluding carboxylic acids is 2. The molecule has 198 valence electrons. The minimum absolute atomic E-state index is 0.0655. The van der Waals surface area contributed by atoms with E-state index < -0.39 is 28.5 Å². The van der Waals surface area contributed by atoms with Crippen LogP contribution in [-0.4, -0.2) is 57.1 Å².